The topological polar surface area (TPSA) is 58.4 Å². The highest BCUT2D eigenvalue weighted by Gasteiger charge is 2.23. The van der Waals surface area contributed by atoms with Gasteiger partial charge in [0.2, 0.25) is 5.78 Å². The van der Waals surface area contributed by atoms with Crippen LogP contribution in [0, 0.1) is 0 Å². The minimum absolute atomic E-state index is 0.832. The Balaban J connectivity index is 0.856. The van der Waals surface area contributed by atoms with Gasteiger partial charge in [0.15, 0.2) is 5.58 Å². The van der Waals surface area contributed by atoms with E-state index in [0.29, 0.717) is 0 Å². The highest BCUT2D eigenvalue weighted by molar-refractivity contribution is 6.16. The molecule has 6 aromatic heterocycles. The number of imidazole rings is 2. The normalized spacial score (nSPS) is 12.4. The molecule has 0 aliphatic rings. The first-order valence-corrected chi connectivity index (χ1v) is 23.0. The summed E-state index contributed by atoms with van der Waals surface area (Å²) in [5, 5.41) is 9.12. The largest absolute Gasteiger partial charge is 0.456 e. The summed E-state index contributed by atoms with van der Waals surface area (Å²) in [5.74, 6) is 0.868. The summed E-state index contributed by atoms with van der Waals surface area (Å²) in [6.07, 6.45) is 0. The molecule has 0 amide bonds. The van der Waals surface area contributed by atoms with Crippen molar-refractivity contribution in [3.05, 3.63) is 212 Å². The maximum absolute atomic E-state index is 6.89. The van der Waals surface area contributed by atoms with Gasteiger partial charge in [-0.1, -0.05) is 109 Å². The van der Waals surface area contributed by atoms with Gasteiger partial charge in [-0.05, 0) is 114 Å². The van der Waals surface area contributed by atoms with Crippen LogP contribution < -0.4 is 0 Å². The quantitative estimate of drug-likeness (QED) is 0.177. The van der Waals surface area contributed by atoms with Gasteiger partial charge in [0, 0.05) is 43.4 Å². The summed E-state index contributed by atoms with van der Waals surface area (Å²) in [5.41, 5.74) is 17.6. The third kappa shape index (κ3) is 4.73. The number of nitrogens with zero attached hydrogens (tertiary/aromatic N) is 5. The van der Waals surface area contributed by atoms with Crippen LogP contribution >= 0.6 is 0 Å². The highest BCUT2D eigenvalue weighted by Crippen LogP contribution is 2.43. The number of benzene rings is 10. The van der Waals surface area contributed by atoms with E-state index in [0.717, 1.165) is 111 Å². The molecule has 0 saturated heterocycles. The van der Waals surface area contributed by atoms with Crippen LogP contribution in [0.3, 0.4) is 0 Å². The Morgan fingerprint density at radius 1 is 0.324 bits per heavy atom. The van der Waals surface area contributed by atoms with E-state index in [1.54, 1.807) is 0 Å². The number of rotatable bonds is 4. The Hall–Kier alpha value is -9.33. The fraction of sp³-hybridized carbons (Fsp3) is 0. The summed E-state index contributed by atoms with van der Waals surface area (Å²) in [6, 6.07) is 75.8. The van der Waals surface area contributed by atoms with Crippen LogP contribution in [0.5, 0.6) is 0 Å². The van der Waals surface area contributed by atoms with Crippen LogP contribution in [0.2, 0.25) is 0 Å². The summed E-state index contributed by atoms with van der Waals surface area (Å²) >= 11 is 0. The molecule has 0 radical (unpaired) electrons. The lowest BCUT2D eigenvalue weighted by molar-refractivity contribution is 0.666. The molecule has 0 fully saturated rings. The Morgan fingerprint density at radius 2 is 0.897 bits per heavy atom. The van der Waals surface area contributed by atoms with E-state index >= 15 is 0 Å². The molecule has 0 unspecified atom stereocenters. The van der Waals surface area contributed by atoms with Crippen LogP contribution in [-0.2, 0) is 0 Å². The van der Waals surface area contributed by atoms with Gasteiger partial charge in [-0.3, -0.25) is 8.97 Å². The lowest BCUT2D eigenvalue weighted by atomic mass is 10.00. The van der Waals surface area contributed by atoms with Gasteiger partial charge in [0.25, 0.3) is 0 Å². The average molecular weight is 870 g/mol. The van der Waals surface area contributed by atoms with E-state index in [-0.39, 0.29) is 0 Å². The Bertz CT molecular complexity index is 4760. The zero-order chi connectivity index (χ0) is 44.2. The average Bonchev–Trinajstić information content (AvgIpc) is 4.24. The molecule has 6 heterocycles. The van der Waals surface area contributed by atoms with Gasteiger partial charge in [0.05, 0.1) is 60.9 Å². The van der Waals surface area contributed by atoms with E-state index < -0.39 is 0 Å². The summed E-state index contributed by atoms with van der Waals surface area (Å²) in [4.78, 5) is 5.18. The fourth-order valence-corrected chi connectivity index (χ4v) is 11.5. The number of hydrogen-bond acceptors (Lipinski definition) is 3. The summed E-state index contributed by atoms with van der Waals surface area (Å²) in [7, 11) is 0. The van der Waals surface area contributed by atoms with E-state index in [4.69, 9.17) is 13.8 Å². The number of fused-ring (bicyclic) bond motifs is 17. The first-order valence-electron chi connectivity index (χ1n) is 23.0. The van der Waals surface area contributed by atoms with Crippen molar-refractivity contribution in [2.75, 3.05) is 0 Å². The van der Waals surface area contributed by atoms with Gasteiger partial charge in [0.1, 0.15) is 16.7 Å². The molecule has 0 aliphatic heterocycles. The van der Waals surface area contributed by atoms with Crippen LogP contribution in [0.4, 0.5) is 0 Å². The second-order valence-corrected chi connectivity index (χ2v) is 17.9. The van der Waals surface area contributed by atoms with Gasteiger partial charge in [-0.2, -0.15) is 0 Å². The predicted molar refractivity (Wildman–Crippen MR) is 278 cm³/mol. The third-order valence-electron chi connectivity index (χ3n) is 14.4. The summed E-state index contributed by atoms with van der Waals surface area (Å²) in [6.45, 7) is 0. The summed E-state index contributed by atoms with van der Waals surface area (Å²) < 4.78 is 22.8. The van der Waals surface area contributed by atoms with Crippen LogP contribution in [0.1, 0.15) is 0 Å². The Labute approximate surface area is 386 Å². The van der Waals surface area contributed by atoms with Crippen molar-refractivity contribution in [3.63, 3.8) is 0 Å². The fourth-order valence-electron chi connectivity index (χ4n) is 11.5. The van der Waals surface area contributed by atoms with Crippen molar-refractivity contribution < 1.29 is 8.83 Å². The molecule has 7 heteroatoms. The van der Waals surface area contributed by atoms with Crippen LogP contribution in [0.15, 0.2) is 221 Å². The number of hydrogen-bond donors (Lipinski definition) is 0. The molecule has 0 atom stereocenters. The van der Waals surface area contributed by atoms with Gasteiger partial charge in [-0.15, -0.1) is 0 Å². The number of aromatic nitrogens is 5. The van der Waals surface area contributed by atoms with Crippen LogP contribution in [-0.4, -0.2) is 23.1 Å². The number of furan rings is 2. The van der Waals surface area contributed by atoms with Crippen molar-refractivity contribution in [1.82, 2.24) is 23.1 Å². The van der Waals surface area contributed by atoms with Crippen LogP contribution in [0.25, 0.3) is 144 Å². The molecule has 0 saturated carbocycles. The smallest absolute Gasteiger partial charge is 0.220 e. The van der Waals surface area contributed by atoms with E-state index in [9.17, 15) is 0 Å². The molecule has 0 spiro atoms. The Morgan fingerprint density at radius 3 is 1.66 bits per heavy atom. The number of para-hydroxylation sites is 8. The first-order chi connectivity index (χ1) is 33.7. The SMILES string of the molecule is c1ccc2c(c1)nc1n(-c3cccc4oc5ccc(-c6ccc7oc8c(-n9c%10ccccc%10c%10cc(-n%11c%12ccccc%12c%12ccccc%12%11)ccc%109)cccc8c7c6)cc5c34)c3ccccc3n21. The van der Waals surface area contributed by atoms with E-state index in [1.165, 1.54) is 32.6 Å². The molecule has 0 N–H and O–H groups in total. The van der Waals surface area contributed by atoms with Crippen molar-refractivity contribution in [1.29, 1.82) is 0 Å². The molecule has 0 bridgehead atoms. The van der Waals surface area contributed by atoms with Crippen molar-refractivity contribution in [2.24, 2.45) is 0 Å². The lowest BCUT2D eigenvalue weighted by Crippen LogP contribution is -1.96. The molecule has 16 aromatic rings. The molecule has 68 heavy (non-hydrogen) atoms. The zero-order valence-corrected chi connectivity index (χ0v) is 36.3. The third-order valence-corrected chi connectivity index (χ3v) is 14.4. The predicted octanol–water partition coefficient (Wildman–Crippen LogP) is 16.1. The molecule has 7 nitrogen and oxygen atoms in total. The Kier molecular flexibility index (Phi) is 6.95. The molecular formula is C61H35N5O2. The monoisotopic (exact) mass is 869 g/mol. The van der Waals surface area contributed by atoms with Crippen molar-refractivity contribution >= 4 is 115 Å². The minimum Gasteiger partial charge on any atom is -0.456 e. The van der Waals surface area contributed by atoms with Gasteiger partial charge in [-0.25, -0.2) is 4.98 Å². The molecule has 0 aliphatic carbocycles. The maximum Gasteiger partial charge on any atom is 0.220 e. The zero-order valence-electron chi connectivity index (χ0n) is 36.3. The molecule has 316 valence electrons. The second kappa shape index (κ2) is 13.2. The molecule has 16 rings (SSSR count). The maximum atomic E-state index is 6.89. The van der Waals surface area contributed by atoms with E-state index in [2.05, 4.69) is 224 Å². The second-order valence-electron chi connectivity index (χ2n) is 17.9. The van der Waals surface area contributed by atoms with Crippen molar-refractivity contribution in [2.45, 2.75) is 0 Å². The standard InChI is InChI=1S/C61H35N5O2/c1-5-18-47-39(13-1)40-14-2-6-19-48(40)63(47)38-29-30-50-43(35-38)41-15-3-7-20-49(41)64(50)55-25-11-16-42-44-33-36(27-31-56(44)68-60(42)55)37-28-32-57-45(34-37)59-54(24-12-26-58(59)67-57)66-53-23-10-9-22-52(53)65-51-21-8-4-17-46(51)62-61(65)66/h1-35H. The van der Waals surface area contributed by atoms with Gasteiger partial charge < -0.3 is 18.0 Å². The molecule has 10 aromatic carbocycles. The van der Waals surface area contributed by atoms with Crippen molar-refractivity contribution in [3.8, 4) is 28.2 Å². The molecular weight excluding hydrogens is 835 g/mol. The first kappa shape index (κ1) is 36.0. The minimum atomic E-state index is 0.832. The van der Waals surface area contributed by atoms with E-state index in [1.807, 2.05) is 6.07 Å². The van der Waals surface area contributed by atoms with Gasteiger partial charge >= 0.3 is 0 Å². The lowest BCUT2D eigenvalue weighted by Gasteiger charge is -2.10. The highest BCUT2D eigenvalue weighted by atomic mass is 16.3.